The Kier molecular flexibility index (Phi) is 4.32. The zero-order chi connectivity index (χ0) is 15.5. The van der Waals surface area contributed by atoms with E-state index in [-0.39, 0.29) is 0 Å². The van der Waals surface area contributed by atoms with Crippen molar-refractivity contribution >= 4 is 23.2 Å². The van der Waals surface area contributed by atoms with Crippen molar-refractivity contribution in [2.24, 2.45) is 0 Å². The number of methoxy groups -OCH3 is 1. The summed E-state index contributed by atoms with van der Waals surface area (Å²) in [4.78, 5) is 8.61. The Bertz CT molecular complexity index is 787. The van der Waals surface area contributed by atoms with Gasteiger partial charge in [0.2, 0.25) is 5.88 Å². The lowest BCUT2D eigenvalue weighted by Crippen LogP contribution is -2.02. The standard InChI is InChI=1S/C16H13Cl2N3O/c1-22-15-10-21(9-12-7-13(17)4-5-14(12)18)16(20-15)11-3-2-6-19-8-11/h2-8,10H,9H2,1H3. The molecule has 0 saturated heterocycles. The number of pyridine rings is 1. The van der Waals surface area contributed by atoms with Gasteiger partial charge in [0, 0.05) is 28.0 Å². The number of benzene rings is 1. The maximum absolute atomic E-state index is 6.25. The fourth-order valence-electron chi connectivity index (χ4n) is 2.18. The van der Waals surface area contributed by atoms with Gasteiger partial charge in [-0.3, -0.25) is 4.98 Å². The van der Waals surface area contributed by atoms with Crippen LogP contribution in [0.4, 0.5) is 0 Å². The third-order valence-electron chi connectivity index (χ3n) is 3.23. The second kappa shape index (κ2) is 6.38. The minimum atomic E-state index is 0.539. The quantitative estimate of drug-likeness (QED) is 0.714. The zero-order valence-corrected chi connectivity index (χ0v) is 13.3. The first-order chi connectivity index (χ1) is 10.7. The van der Waals surface area contributed by atoms with Crippen molar-refractivity contribution in [2.45, 2.75) is 6.54 Å². The molecule has 2 aromatic heterocycles. The molecule has 1 aromatic carbocycles. The van der Waals surface area contributed by atoms with Crippen LogP contribution in [0.15, 0.2) is 48.9 Å². The number of halogens is 2. The van der Waals surface area contributed by atoms with Crippen LogP contribution in [-0.2, 0) is 6.54 Å². The molecular formula is C16H13Cl2N3O. The highest BCUT2D eigenvalue weighted by molar-refractivity contribution is 6.33. The van der Waals surface area contributed by atoms with Crippen molar-refractivity contribution in [2.75, 3.05) is 7.11 Å². The first-order valence-electron chi connectivity index (χ1n) is 6.63. The summed E-state index contributed by atoms with van der Waals surface area (Å²) in [6.45, 7) is 0.542. The van der Waals surface area contributed by atoms with Crippen LogP contribution < -0.4 is 4.74 Å². The summed E-state index contributed by atoms with van der Waals surface area (Å²) in [7, 11) is 1.59. The van der Waals surface area contributed by atoms with Crippen LogP contribution >= 0.6 is 23.2 Å². The van der Waals surface area contributed by atoms with Gasteiger partial charge in [0.15, 0.2) is 0 Å². The number of hydrogen-bond donors (Lipinski definition) is 0. The van der Waals surface area contributed by atoms with E-state index in [1.54, 1.807) is 31.6 Å². The third-order valence-corrected chi connectivity index (χ3v) is 3.84. The minimum absolute atomic E-state index is 0.539. The topological polar surface area (TPSA) is 39.9 Å². The van der Waals surface area contributed by atoms with Crippen molar-refractivity contribution in [1.29, 1.82) is 0 Å². The molecule has 0 fully saturated rings. The Labute approximate surface area is 138 Å². The van der Waals surface area contributed by atoms with E-state index in [1.165, 1.54) is 0 Å². The van der Waals surface area contributed by atoms with E-state index in [1.807, 2.05) is 29.0 Å². The number of imidazole rings is 1. The molecule has 0 aliphatic heterocycles. The van der Waals surface area contributed by atoms with Gasteiger partial charge in [0.1, 0.15) is 5.82 Å². The van der Waals surface area contributed by atoms with Gasteiger partial charge in [0.05, 0.1) is 19.9 Å². The number of hydrogen-bond acceptors (Lipinski definition) is 3. The van der Waals surface area contributed by atoms with Gasteiger partial charge in [-0.2, -0.15) is 4.98 Å². The predicted molar refractivity (Wildman–Crippen MR) is 87.6 cm³/mol. The molecule has 4 nitrogen and oxygen atoms in total. The Hall–Kier alpha value is -2.04. The maximum atomic E-state index is 6.25. The van der Waals surface area contributed by atoms with E-state index in [4.69, 9.17) is 27.9 Å². The van der Waals surface area contributed by atoms with Crippen LogP contribution in [0, 0.1) is 0 Å². The number of rotatable bonds is 4. The van der Waals surface area contributed by atoms with Crippen molar-refractivity contribution < 1.29 is 4.74 Å². The second-order valence-corrected chi connectivity index (χ2v) is 5.56. The summed E-state index contributed by atoms with van der Waals surface area (Å²) in [6, 6.07) is 9.22. The molecule has 0 atom stereocenters. The summed E-state index contributed by atoms with van der Waals surface area (Å²) in [5.74, 6) is 1.30. The molecule has 0 N–H and O–H groups in total. The summed E-state index contributed by atoms with van der Waals surface area (Å²) in [5, 5.41) is 1.31. The highest BCUT2D eigenvalue weighted by atomic mass is 35.5. The molecule has 0 saturated carbocycles. The van der Waals surface area contributed by atoms with E-state index in [2.05, 4.69) is 9.97 Å². The molecule has 0 amide bonds. The maximum Gasteiger partial charge on any atom is 0.231 e. The molecule has 0 radical (unpaired) electrons. The summed E-state index contributed by atoms with van der Waals surface area (Å²) in [6.07, 6.45) is 5.32. The second-order valence-electron chi connectivity index (χ2n) is 4.71. The highest BCUT2D eigenvalue weighted by Crippen LogP contribution is 2.26. The van der Waals surface area contributed by atoms with Gasteiger partial charge < -0.3 is 9.30 Å². The van der Waals surface area contributed by atoms with Gasteiger partial charge in [-0.05, 0) is 35.9 Å². The van der Waals surface area contributed by atoms with Crippen LogP contribution in [0.25, 0.3) is 11.4 Å². The van der Waals surface area contributed by atoms with Crippen LogP contribution in [-0.4, -0.2) is 21.6 Å². The van der Waals surface area contributed by atoms with Crippen molar-refractivity contribution in [3.63, 3.8) is 0 Å². The van der Waals surface area contributed by atoms with Gasteiger partial charge in [-0.25, -0.2) is 0 Å². The largest absolute Gasteiger partial charge is 0.480 e. The van der Waals surface area contributed by atoms with E-state index in [9.17, 15) is 0 Å². The lowest BCUT2D eigenvalue weighted by molar-refractivity contribution is 0.399. The Morgan fingerprint density at radius 3 is 2.82 bits per heavy atom. The lowest BCUT2D eigenvalue weighted by Gasteiger charge is -2.09. The minimum Gasteiger partial charge on any atom is -0.480 e. The lowest BCUT2D eigenvalue weighted by atomic mass is 10.2. The Morgan fingerprint density at radius 1 is 1.23 bits per heavy atom. The van der Waals surface area contributed by atoms with Crippen LogP contribution in [0.3, 0.4) is 0 Å². The fourth-order valence-corrected chi connectivity index (χ4v) is 2.56. The average Bonchev–Trinajstić information content (AvgIpc) is 2.95. The number of aromatic nitrogens is 3. The molecule has 2 heterocycles. The van der Waals surface area contributed by atoms with Gasteiger partial charge in [-0.1, -0.05) is 23.2 Å². The molecule has 6 heteroatoms. The summed E-state index contributed by atoms with van der Waals surface area (Å²) < 4.78 is 7.20. The molecule has 0 bridgehead atoms. The van der Waals surface area contributed by atoms with E-state index < -0.39 is 0 Å². The van der Waals surface area contributed by atoms with Gasteiger partial charge >= 0.3 is 0 Å². The molecular weight excluding hydrogens is 321 g/mol. The van der Waals surface area contributed by atoms with E-state index in [0.717, 1.165) is 17.0 Å². The molecule has 0 spiro atoms. The first kappa shape index (κ1) is 14.9. The predicted octanol–water partition coefficient (Wildman–Crippen LogP) is 4.31. The van der Waals surface area contributed by atoms with Crippen LogP contribution in [0.5, 0.6) is 5.88 Å². The molecule has 0 unspecified atom stereocenters. The number of nitrogens with zero attached hydrogens (tertiary/aromatic N) is 3. The third kappa shape index (κ3) is 3.08. The first-order valence-corrected chi connectivity index (χ1v) is 7.38. The summed E-state index contributed by atoms with van der Waals surface area (Å²) >= 11 is 12.3. The summed E-state index contributed by atoms with van der Waals surface area (Å²) in [5.41, 5.74) is 1.82. The van der Waals surface area contributed by atoms with Crippen LogP contribution in [0.1, 0.15) is 5.56 Å². The molecule has 22 heavy (non-hydrogen) atoms. The van der Waals surface area contributed by atoms with Crippen molar-refractivity contribution in [1.82, 2.24) is 14.5 Å². The van der Waals surface area contributed by atoms with Crippen LogP contribution in [0.2, 0.25) is 10.0 Å². The van der Waals surface area contributed by atoms with Gasteiger partial charge in [-0.15, -0.1) is 0 Å². The average molecular weight is 334 g/mol. The van der Waals surface area contributed by atoms with E-state index in [0.29, 0.717) is 22.5 Å². The molecule has 0 aliphatic rings. The Morgan fingerprint density at radius 2 is 2.09 bits per heavy atom. The molecule has 3 aromatic rings. The van der Waals surface area contributed by atoms with Gasteiger partial charge in [0.25, 0.3) is 0 Å². The van der Waals surface area contributed by atoms with E-state index >= 15 is 0 Å². The van der Waals surface area contributed by atoms with Crippen molar-refractivity contribution in [3.8, 4) is 17.3 Å². The normalized spacial score (nSPS) is 10.7. The monoisotopic (exact) mass is 333 g/mol. The highest BCUT2D eigenvalue weighted by Gasteiger charge is 2.12. The molecule has 3 rings (SSSR count). The number of ether oxygens (including phenoxy) is 1. The Balaban J connectivity index is 2.03. The molecule has 112 valence electrons. The molecule has 0 aliphatic carbocycles. The zero-order valence-electron chi connectivity index (χ0n) is 11.8. The van der Waals surface area contributed by atoms with Crippen molar-refractivity contribution in [3.05, 3.63) is 64.5 Å². The fraction of sp³-hybridized carbons (Fsp3) is 0.125. The SMILES string of the molecule is COc1cn(Cc2cc(Cl)ccc2Cl)c(-c2cccnc2)n1. The smallest absolute Gasteiger partial charge is 0.231 e.